The van der Waals surface area contributed by atoms with Crippen molar-refractivity contribution in [2.24, 2.45) is 5.16 Å². The molecule has 0 aliphatic carbocycles. The van der Waals surface area contributed by atoms with Crippen LogP contribution in [0, 0.1) is 0 Å². The Hall–Kier alpha value is -1.37. The highest BCUT2D eigenvalue weighted by Crippen LogP contribution is 2.37. The predicted molar refractivity (Wildman–Crippen MR) is 98.2 cm³/mol. The fraction of sp³-hybridized carbons (Fsp3) is 0.611. The lowest BCUT2D eigenvalue weighted by molar-refractivity contribution is -0.222. The Labute approximate surface area is 146 Å². The first-order valence-corrected chi connectivity index (χ1v) is 11.7. The lowest BCUT2D eigenvalue weighted by atomic mass is 9.85. The van der Waals surface area contributed by atoms with Gasteiger partial charge in [-0.2, -0.15) is 0 Å². The highest BCUT2D eigenvalue weighted by molar-refractivity contribution is 6.69. The minimum Gasteiger partial charge on any atom is -0.497 e. The molecule has 0 aromatic heterocycles. The normalized spacial score (nSPS) is 25.6. The summed E-state index contributed by atoms with van der Waals surface area (Å²) < 4.78 is 17.0. The van der Waals surface area contributed by atoms with Gasteiger partial charge in [0.15, 0.2) is 8.32 Å². The Morgan fingerprint density at radius 2 is 1.83 bits per heavy atom. The van der Waals surface area contributed by atoms with Gasteiger partial charge in [-0.3, -0.25) is 0 Å². The standard InChI is InChI=1S/C18H29NO4Si/c1-13(22-24(5,6)7)17-16(12-18(2,21-4)23-19-17)14-8-10-15(20-3)11-9-14/h8-11,13,16H,12H2,1-7H3/t13?,16-,18-/m0/s1. The molecule has 0 saturated carbocycles. The molecule has 1 aromatic rings. The molecule has 0 saturated heterocycles. The molecule has 5 nitrogen and oxygen atoms in total. The van der Waals surface area contributed by atoms with Gasteiger partial charge in [0.05, 0.1) is 18.9 Å². The SMILES string of the molecule is COc1ccc([C@@H]2C[C@@](C)(OC)ON=C2C(C)O[Si](C)(C)C)cc1. The molecule has 0 radical (unpaired) electrons. The van der Waals surface area contributed by atoms with Crippen LogP contribution < -0.4 is 4.74 Å². The molecule has 0 N–H and O–H groups in total. The van der Waals surface area contributed by atoms with Crippen LogP contribution >= 0.6 is 0 Å². The summed E-state index contributed by atoms with van der Waals surface area (Å²) in [5.41, 5.74) is 2.07. The average Bonchev–Trinajstić information content (AvgIpc) is 2.53. The molecule has 0 amide bonds. The predicted octanol–water partition coefficient (Wildman–Crippen LogP) is 4.16. The molecule has 0 bridgehead atoms. The highest BCUT2D eigenvalue weighted by atomic mass is 28.4. The lowest BCUT2D eigenvalue weighted by Crippen LogP contribution is -2.44. The van der Waals surface area contributed by atoms with Gasteiger partial charge in [-0.25, -0.2) is 0 Å². The molecule has 0 fully saturated rings. The third-order valence-corrected chi connectivity index (χ3v) is 5.23. The Balaban J connectivity index is 2.33. The van der Waals surface area contributed by atoms with Gasteiger partial charge in [0, 0.05) is 26.4 Å². The average molecular weight is 352 g/mol. The van der Waals surface area contributed by atoms with Gasteiger partial charge in [0.25, 0.3) is 0 Å². The summed E-state index contributed by atoms with van der Waals surface area (Å²) in [6.07, 6.45) is 0.596. The minimum atomic E-state index is -1.68. The van der Waals surface area contributed by atoms with Crippen LogP contribution in [0.4, 0.5) is 0 Å². The van der Waals surface area contributed by atoms with Gasteiger partial charge in [-0.1, -0.05) is 17.3 Å². The zero-order chi connectivity index (χ0) is 18.0. The minimum absolute atomic E-state index is 0.0842. The Kier molecular flexibility index (Phi) is 5.73. The summed E-state index contributed by atoms with van der Waals surface area (Å²) in [6.45, 7) is 10.5. The largest absolute Gasteiger partial charge is 0.497 e. The smallest absolute Gasteiger partial charge is 0.234 e. The quantitative estimate of drug-likeness (QED) is 0.722. The van der Waals surface area contributed by atoms with Gasteiger partial charge < -0.3 is 18.7 Å². The third-order valence-electron chi connectivity index (χ3n) is 4.17. The summed E-state index contributed by atoms with van der Waals surface area (Å²) >= 11 is 0. The molecule has 2 rings (SSSR count). The summed E-state index contributed by atoms with van der Waals surface area (Å²) in [4.78, 5) is 5.64. The highest BCUT2D eigenvalue weighted by Gasteiger charge is 2.40. The molecular formula is C18H29NO4Si. The van der Waals surface area contributed by atoms with Crippen LogP contribution in [0.1, 0.15) is 31.7 Å². The lowest BCUT2D eigenvalue weighted by Gasteiger charge is -2.37. The van der Waals surface area contributed by atoms with Gasteiger partial charge >= 0.3 is 0 Å². The third kappa shape index (κ3) is 4.59. The number of oxime groups is 1. The van der Waals surface area contributed by atoms with E-state index in [1.54, 1.807) is 14.2 Å². The van der Waals surface area contributed by atoms with Gasteiger partial charge in [-0.05, 0) is 44.3 Å². The maximum Gasteiger partial charge on any atom is 0.234 e. The van der Waals surface area contributed by atoms with Crippen LogP contribution in [0.2, 0.25) is 19.6 Å². The maximum atomic E-state index is 6.24. The summed E-state index contributed by atoms with van der Waals surface area (Å²) in [5.74, 6) is 0.193. The Morgan fingerprint density at radius 1 is 1.21 bits per heavy atom. The molecule has 1 unspecified atom stereocenters. The van der Waals surface area contributed by atoms with E-state index < -0.39 is 14.1 Å². The van der Waals surface area contributed by atoms with Crippen molar-refractivity contribution in [3.63, 3.8) is 0 Å². The van der Waals surface area contributed by atoms with Crippen LogP contribution in [-0.2, 0) is 14.0 Å². The number of hydrogen-bond donors (Lipinski definition) is 0. The number of rotatable bonds is 6. The van der Waals surface area contributed by atoms with E-state index in [-0.39, 0.29) is 12.0 Å². The van der Waals surface area contributed by atoms with Gasteiger partial charge in [0.1, 0.15) is 5.75 Å². The van der Waals surface area contributed by atoms with E-state index in [1.807, 2.05) is 26.0 Å². The fourth-order valence-corrected chi connectivity index (χ4v) is 4.10. The number of nitrogens with zero attached hydrogens (tertiary/aromatic N) is 1. The van der Waals surface area contributed by atoms with Crippen molar-refractivity contribution < 1.29 is 18.7 Å². The van der Waals surface area contributed by atoms with Gasteiger partial charge in [0.2, 0.25) is 5.79 Å². The van der Waals surface area contributed by atoms with Crippen molar-refractivity contribution in [2.45, 2.75) is 57.7 Å². The fourth-order valence-electron chi connectivity index (χ4n) is 2.92. The number of hydrogen-bond acceptors (Lipinski definition) is 5. The molecule has 1 heterocycles. The second-order valence-electron chi connectivity index (χ2n) is 7.35. The maximum absolute atomic E-state index is 6.24. The second kappa shape index (κ2) is 7.25. The number of methoxy groups -OCH3 is 2. The van der Waals surface area contributed by atoms with Crippen molar-refractivity contribution in [3.8, 4) is 5.75 Å². The van der Waals surface area contributed by atoms with E-state index in [0.29, 0.717) is 6.42 Å². The second-order valence-corrected chi connectivity index (χ2v) is 11.8. The van der Waals surface area contributed by atoms with Crippen LogP contribution in [0.3, 0.4) is 0 Å². The topological polar surface area (TPSA) is 49.3 Å². The molecule has 1 aliphatic rings. The monoisotopic (exact) mass is 351 g/mol. The number of ether oxygens (including phenoxy) is 2. The molecule has 1 aliphatic heterocycles. The molecule has 3 atom stereocenters. The van der Waals surface area contributed by atoms with Crippen molar-refractivity contribution in [1.29, 1.82) is 0 Å². The zero-order valence-electron chi connectivity index (χ0n) is 15.8. The van der Waals surface area contributed by atoms with E-state index in [0.717, 1.165) is 17.0 Å². The number of benzene rings is 1. The zero-order valence-corrected chi connectivity index (χ0v) is 16.8. The van der Waals surface area contributed by atoms with Crippen LogP contribution in [0.5, 0.6) is 5.75 Å². The summed E-state index contributed by atoms with van der Waals surface area (Å²) in [7, 11) is 1.63. The molecule has 6 heteroatoms. The van der Waals surface area contributed by atoms with Crippen molar-refractivity contribution in [2.75, 3.05) is 14.2 Å². The summed E-state index contributed by atoms with van der Waals surface area (Å²) in [6, 6.07) is 8.08. The van der Waals surface area contributed by atoms with Crippen molar-refractivity contribution in [1.82, 2.24) is 0 Å². The summed E-state index contributed by atoms with van der Waals surface area (Å²) in [5, 5.41) is 4.40. The van der Waals surface area contributed by atoms with Crippen molar-refractivity contribution in [3.05, 3.63) is 29.8 Å². The molecule has 134 valence electrons. The van der Waals surface area contributed by atoms with E-state index in [4.69, 9.17) is 18.7 Å². The van der Waals surface area contributed by atoms with E-state index >= 15 is 0 Å². The van der Waals surface area contributed by atoms with Crippen LogP contribution in [-0.4, -0.2) is 40.1 Å². The van der Waals surface area contributed by atoms with Gasteiger partial charge in [-0.15, -0.1) is 0 Å². The Morgan fingerprint density at radius 3 is 2.33 bits per heavy atom. The molecular weight excluding hydrogens is 322 g/mol. The first-order valence-electron chi connectivity index (χ1n) is 8.30. The molecule has 1 aromatic carbocycles. The Bertz CT molecular complexity index is 582. The first kappa shape index (κ1) is 19.0. The van der Waals surface area contributed by atoms with E-state index in [1.165, 1.54) is 0 Å². The molecule has 0 spiro atoms. The van der Waals surface area contributed by atoms with Crippen molar-refractivity contribution >= 4 is 14.0 Å². The van der Waals surface area contributed by atoms with Crippen LogP contribution in [0.25, 0.3) is 0 Å². The first-order chi connectivity index (χ1) is 11.2. The van der Waals surface area contributed by atoms with E-state index in [9.17, 15) is 0 Å². The van der Waals surface area contributed by atoms with Crippen LogP contribution in [0.15, 0.2) is 29.4 Å². The van der Waals surface area contributed by atoms with E-state index in [2.05, 4.69) is 36.9 Å². The molecule has 24 heavy (non-hydrogen) atoms.